The van der Waals surface area contributed by atoms with Gasteiger partial charge in [0, 0.05) is 58.5 Å². The Morgan fingerprint density at radius 2 is 1.64 bits per heavy atom. The number of Topliss-reactive ketones (excluding diaryl/α,β-unsaturated/α-hetero) is 3. The van der Waals surface area contributed by atoms with E-state index in [9.17, 15) is 34.2 Å². The summed E-state index contributed by atoms with van der Waals surface area (Å²) in [6, 6.07) is -1.19. The molecule has 2 N–H and O–H groups in total. The van der Waals surface area contributed by atoms with Crippen LogP contribution in [0.5, 0.6) is 0 Å². The van der Waals surface area contributed by atoms with Crippen molar-refractivity contribution in [1.29, 1.82) is 0 Å². The highest BCUT2D eigenvalue weighted by molar-refractivity contribution is 6.39. The zero-order valence-electron chi connectivity index (χ0n) is 42.5. The minimum atomic E-state index is -2.43. The molecule has 5 rings (SSSR count). The van der Waals surface area contributed by atoms with Gasteiger partial charge >= 0.3 is 5.97 Å². The maximum absolute atomic E-state index is 14.5. The summed E-state index contributed by atoms with van der Waals surface area (Å²) in [6.07, 6.45) is 13.9. The number of methoxy groups -OCH3 is 3. The molecule has 1 aromatic rings. The standard InChI is InChI=1S/C52H79N5O12/c1-31-16-12-11-13-17-32(2)43(65-8)28-39-21-19-37(7)52(64,69-39)49(61)50(62)56-23-15-14-18-41(56)51(63)68-44(34(4)26-38-20-22-40(45(27-38)66-9)57-30-53-54-55-57)29-42(58)33(3)25-36(6)47(60)48(67-10)46(59)35(5)24-31/h11-13,16-17,25,30-31,33-35,37-41,43-45,47-48,60,64H,14-15,18-24,26-29H2,1-10H3/b13-11?,16-12+,32-17?,36-25+/t31-,33-,34-,35-,37-,38+,39+,40?,41+,43+,44+,45-,47-,48+,52-/m1/s1. The number of allylic oxidation sites excluding steroid dienone is 6. The molecule has 0 spiro atoms. The second kappa shape index (κ2) is 25.7. The molecule has 17 heteroatoms. The topological polar surface area (TPSA) is 219 Å². The third-order valence-corrected chi connectivity index (χ3v) is 15.2. The van der Waals surface area contributed by atoms with E-state index in [1.807, 2.05) is 58.1 Å². The molecule has 17 nitrogen and oxygen atoms in total. The second-order valence-corrected chi connectivity index (χ2v) is 20.4. The first-order chi connectivity index (χ1) is 32.8. The maximum Gasteiger partial charge on any atom is 0.329 e. The normalized spacial score (nSPS) is 37.5. The number of ketones is 3. The van der Waals surface area contributed by atoms with Crippen LogP contribution in [-0.4, -0.2) is 141 Å². The summed E-state index contributed by atoms with van der Waals surface area (Å²) < 4.78 is 31.6. The third kappa shape index (κ3) is 14.2. The number of hydrogen-bond acceptors (Lipinski definition) is 15. The van der Waals surface area contributed by atoms with E-state index in [0.717, 1.165) is 18.4 Å². The highest BCUT2D eigenvalue weighted by atomic mass is 16.6. The summed E-state index contributed by atoms with van der Waals surface area (Å²) in [6.45, 7) is 12.8. The summed E-state index contributed by atoms with van der Waals surface area (Å²) in [5.41, 5.74) is 1.27. The smallest absolute Gasteiger partial charge is 0.329 e. The largest absolute Gasteiger partial charge is 0.460 e. The Hall–Kier alpha value is -4.26. The average molecular weight is 966 g/mol. The van der Waals surface area contributed by atoms with Crippen molar-refractivity contribution in [2.75, 3.05) is 27.9 Å². The van der Waals surface area contributed by atoms with Crippen LogP contribution in [0.2, 0.25) is 0 Å². The number of aliphatic hydroxyl groups is 2. The van der Waals surface area contributed by atoms with Crippen molar-refractivity contribution < 1.29 is 57.9 Å². The van der Waals surface area contributed by atoms with Crippen molar-refractivity contribution in [3.63, 3.8) is 0 Å². The van der Waals surface area contributed by atoms with Gasteiger partial charge in [-0.25, -0.2) is 9.48 Å². The minimum Gasteiger partial charge on any atom is -0.460 e. The van der Waals surface area contributed by atoms with Crippen molar-refractivity contribution >= 4 is 29.2 Å². The molecule has 4 heterocycles. The maximum atomic E-state index is 14.5. The van der Waals surface area contributed by atoms with Crippen molar-refractivity contribution in [1.82, 2.24) is 25.1 Å². The minimum absolute atomic E-state index is 0.0170. The first-order valence-corrected chi connectivity index (χ1v) is 25.0. The Kier molecular flexibility index (Phi) is 20.8. The fraction of sp³-hybridized carbons (Fsp3) is 0.731. The molecule has 384 valence electrons. The van der Waals surface area contributed by atoms with E-state index < -0.39 is 77.8 Å². The van der Waals surface area contributed by atoms with Gasteiger partial charge in [-0.15, -0.1) is 5.10 Å². The van der Waals surface area contributed by atoms with Gasteiger partial charge < -0.3 is 38.8 Å². The summed E-state index contributed by atoms with van der Waals surface area (Å²) in [7, 11) is 4.62. The lowest BCUT2D eigenvalue weighted by Gasteiger charge is -2.42. The highest BCUT2D eigenvalue weighted by Gasteiger charge is 2.53. The van der Waals surface area contributed by atoms with Crippen LogP contribution in [0, 0.1) is 35.5 Å². The fourth-order valence-corrected chi connectivity index (χ4v) is 10.7. The van der Waals surface area contributed by atoms with E-state index in [2.05, 4.69) is 15.5 Å². The number of carbonyl (C=O) groups is 5. The first kappa shape index (κ1) is 55.7. The van der Waals surface area contributed by atoms with Crippen LogP contribution in [0.1, 0.15) is 132 Å². The van der Waals surface area contributed by atoms with E-state index in [-0.39, 0.29) is 60.9 Å². The molecule has 69 heavy (non-hydrogen) atoms. The molecule has 1 unspecified atom stereocenters. The number of cyclic esters (lactones) is 1. The SMILES string of the molecule is CO[C@H]1C[C@@H]2CC[C@@H](C)[C@@](O)(O2)C(=O)C(=O)N2CCCC[C@H]2C(=O)O[C@H]([C@H](C)C[C@@H]2CCC(n3cnnn3)[C@H](OC)C2)CC(=O)[C@H](C)/C=C(\C)[C@@H](O)[C@@H](OC)C(=O)[C@H](C)C[C@H](C)/C=C/C=CC=C1C. The predicted octanol–water partition coefficient (Wildman–Crippen LogP) is 6.05. The Labute approximate surface area is 408 Å². The molecule has 1 aromatic heterocycles. The van der Waals surface area contributed by atoms with Crippen LogP contribution in [0.15, 0.2) is 53.9 Å². The second-order valence-electron chi connectivity index (χ2n) is 20.4. The number of fused-ring (bicyclic) bond motifs is 3. The molecule has 3 aliphatic heterocycles. The monoisotopic (exact) mass is 966 g/mol. The Bertz CT molecular complexity index is 2020. The number of nitrogens with zero attached hydrogens (tertiary/aromatic N) is 5. The fourth-order valence-electron chi connectivity index (χ4n) is 10.7. The summed E-state index contributed by atoms with van der Waals surface area (Å²) in [4.78, 5) is 72.3. The Balaban J connectivity index is 1.46. The van der Waals surface area contributed by atoms with Gasteiger partial charge in [-0.3, -0.25) is 19.2 Å². The van der Waals surface area contributed by atoms with Gasteiger partial charge in [-0.05, 0) is 117 Å². The van der Waals surface area contributed by atoms with E-state index in [1.54, 1.807) is 52.1 Å². The van der Waals surface area contributed by atoms with Crippen LogP contribution in [0.25, 0.3) is 0 Å². The first-order valence-electron chi connectivity index (χ1n) is 25.0. The van der Waals surface area contributed by atoms with Gasteiger partial charge in [-0.2, -0.15) is 0 Å². The molecule has 0 radical (unpaired) electrons. The molecule has 2 saturated heterocycles. The van der Waals surface area contributed by atoms with E-state index >= 15 is 0 Å². The van der Waals surface area contributed by atoms with Gasteiger partial charge in [-0.1, -0.05) is 71.1 Å². The molecule has 4 aliphatic rings. The van der Waals surface area contributed by atoms with E-state index in [0.29, 0.717) is 56.9 Å². The lowest BCUT2D eigenvalue weighted by atomic mass is 9.77. The number of tetrazole rings is 1. The molecular formula is C52H79N5O12. The summed E-state index contributed by atoms with van der Waals surface area (Å²) in [5.74, 6) is -7.92. The number of ether oxygens (including phenoxy) is 5. The Morgan fingerprint density at radius 1 is 0.884 bits per heavy atom. The van der Waals surface area contributed by atoms with Crippen LogP contribution in [-0.2, 0) is 47.7 Å². The molecule has 1 amide bonds. The van der Waals surface area contributed by atoms with Crippen LogP contribution >= 0.6 is 0 Å². The predicted molar refractivity (Wildman–Crippen MR) is 256 cm³/mol. The number of esters is 1. The van der Waals surface area contributed by atoms with Crippen LogP contribution < -0.4 is 0 Å². The molecular weight excluding hydrogens is 887 g/mol. The number of rotatable bonds is 7. The van der Waals surface area contributed by atoms with Crippen LogP contribution in [0.4, 0.5) is 0 Å². The van der Waals surface area contributed by atoms with E-state index in [1.165, 1.54) is 12.0 Å². The number of aliphatic hydroxyl groups excluding tert-OH is 1. The molecule has 15 atom stereocenters. The number of piperidine rings is 1. The number of carbonyl (C=O) groups excluding carboxylic acids is 5. The third-order valence-electron chi connectivity index (χ3n) is 15.2. The lowest BCUT2D eigenvalue weighted by molar-refractivity contribution is -0.265. The number of amides is 1. The molecule has 2 bridgehead atoms. The average Bonchev–Trinajstić information content (AvgIpc) is 3.88. The number of hydrogen-bond donors (Lipinski definition) is 2. The zero-order chi connectivity index (χ0) is 50.6. The van der Waals surface area contributed by atoms with Gasteiger partial charge in [0.15, 0.2) is 5.78 Å². The van der Waals surface area contributed by atoms with E-state index in [4.69, 9.17) is 23.7 Å². The molecule has 3 fully saturated rings. The van der Waals surface area contributed by atoms with Crippen LogP contribution in [0.3, 0.4) is 0 Å². The molecule has 1 aliphatic carbocycles. The summed E-state index contributed by atoms with van der Waals surface area (Å²) in [5, 5.41) is 35.2. The highest BCUT2D eigenvalue weighted by Crippen LogP contribution is 2.39. The molecule has 0 aromatic carbocycles. The molecule has 1 saturated carbocycles. The van der Waals surface area contributed by atoms with Gasteiger partial charge in [0.1, 0.15) is 36.5 Å². The van der Waals surface area contributed by atoms with Crippen molar-refractivity contribution in [2.45, 2.75) is 180 Å². The lowest BCUT2D eigenvalue weighted by Crippen LogP contribution is -2.61. The Morgan fingerprint density at radius 3 is 2.32 bits per heavy atom. The van der Waals surface area contributed by atoms with Gasteiger partial charge in [0.2, 0.25) is 5.79 Å². The van der Waals surface area contributed by atoms with Crippen molar-refractivity contribution in [3.05, 3.63) is 53.9 Å². The van der Waals surface area contributed by atoms with Gasteiger partial charge in [0.05, 0.1) is 24.4 Å². The van der Waals surface area contributed by atoms with Gasteiger partial charge in [0.25, 0.3) is 11.7 Å². The van der Waals surface area contributed by atoms with Crippen molar-refractivity contribution in [2.24, 2.45) is 35.5 Å². The summed E-state index contributed by atoms with van der Waals surface area (Å²) >= 11 is 0. The number of aromatic nitrogens is 4. The zero-order valence-corrected chi connectivity index (χ0v) is 42.5. The van der Waals surface area contributed by atoms with Crippen molar-refractivity contribution in [3.8, 4) is 0 Å². The quantitative estimate of drug-likeness (QED) is 0.181.